The lowest BCUT2D eigenvalue weighted by molar-refractivity contribution is -0.181. The molecule has 0 saturated carbocycles. The Morgan fingerprint density at radius 1 is 1.00 bits per heavy atom. The van der Waals surface area contributed by atoms with Crippen LogP contribution in [0, 0.1) is 0 Å². The van der Waals surface area contributed by atoms with Crippen LogP contribution in [0.3, 0.4) is 0 Å². The highest BCUT2D eigenvalue weighted by atomic mass is 32.2. The summed E-state index contributed by atoms with van der Waals surface area (Å²) >= 11 is 0. The van der Waals surface area contributed by atoms with Crippen LogP contribution in [0.15, 0.2) is 60.7 Å². The van der Waals surface area contributed by atoms with E-state index in [4.69, 9.17) is 4.74 Å². The lowest BCUT2D eigenvalue weighted by Crippen LogP contribution is -2.80. The third-order valence-corrected chi connectivity index (χ3v) is 10.9. The van der Waals surface area contributed by atoms with E-state index in [1.807, 2.05) is 0 Å². The van der Waals surface area contributed by atoms with E-state index in [2.05, 4.69) is 16.0 Å². The zero-order chi connectivity index (χ0) is 34.1. The van der Waals surface area contributed by atoms with Crippen LogP contribution in [-0.4, -0.2) is 102 Å². The summed E-state index contributed by atoms with van der Waals surface area (Å²) in [5, 5.41) is 6.24. The Kier molecular flexibility index (Phi) is 9.15. The molecule has 0 aromatic heterocycles. The summed E-state index contributed by atoms with van der Waals surface area (Å²) in [6, 6.07) is 12.7. The van der Waals surface area contributed by atoms with Gasteiger partial charge in [-0.2, -0.15) is 0 Å². The molecule has 2 unspecified atom stereocenters. The highest BCUT2D eigenvalue weighted by molar-refractivity contribution is 7.87. The fraction of sp³-hybridized carbons (Fsp3) is 0.387. The average molecular weight is 667 g/mol. The highest BCUT2D eigenvalue weighted by Gasteiger charge is 2.77. The largest absolute Gasteiger partial charge is 0.458 e. The number of esters is 1. The van der Waals surface area contributed by atoms with E-state index < -0.39 is 74.3 Å². The third kappa shape index (κ3) is 5.51. The smallest absolute Gasteiger partial charge is 0.355 e. The first-order chi connectivity index (χ1) is 22.4. The molecule has 2 aromatic rings. The highest BCUT2D eigenvalue weighted by Crippen LogP contribution is 2.50. The topological polar surface area (TPSA) is 192 Å². The van der Waals surface area contributed by atoms with Gasteiger partial charge in [0.1, 0.15) is 24.1 Å². The number of fused-ring (bicyclic) bond motifs is 1. The molecular weight excluding hydrogens is 632 g/mol. The number of amides is 7. The number of β-lactam (4-membered cyclic amide) rings is 1. The minimum Gasteiger partial charge on any atom is -0.458 e. The lowest BCUT2D eigenvalue weighted by Gasteiger charge is -2.49. The van der Waals surface area contributed by atoms with Gasteiger partial charge < -0.3 is 25.6 Å². The van der Waals surface area contributed by atoms with Crippen molar-refractivity contribution >= 4 is 52.8 Å². The maximum absolute atomic E-state index is 14.3. The number of rotatable bonds is 10. The molecule has 248 valence electrons. The van der Waals surface area contributed by atoms with Crippen molar-refractivity contribution in [2.75, 3.05) is 19.6 Å². The summed E-state index contributed by atoms with van der Waals surface area (Å²) in [6.07, 6.45) is 0.281. The Morgan fingerprint density at radius 2 is 1.64 bits per heavy atom. The van der Waals surface area contributed by atoms with Gasteiger partial charge in [-0.1, -0.05) is 60.7 Å². The van der Waals surface area contributed by atoms with Gasteiger partial charge in [0.05, 0.1) is 15.5 Å². The molecule has 0 spiro atoms. The summed E-state index contributed by atoms with van der Waals surface area (Å²) in [4.78, 5) is 94.8. The van der Waals surface area contributed by atoms with E-state index in [1.165, 1.54) is 30.9 Å². The van der Waals surface area contributed by atoms with Crippen LogP contribution in [0.1, 0.15) is 37.9 Å². The van der Waals surface area contributed by atoms with Gasteiger partial charge in [-0.05, 0) is 31.9 Å². The number of piperazine rings is 1. The van der Waals surface area contributed by atoms with E-state index in [-0.39, 0.29) is 38.2 Å². The third-order valence-electron chi connectivity index (χ3n) is 8.66. The fourth-order valence-corrected chi connectivity index (χ4v) is 8.03. The van der Waals surface area contributed by atoms with Gasteiger partial charge >= 0.3 is 23.8 Å². The van der Waals surface area contributed by atoms with E-state index in [1.54, 1.807) is 55.5 Å². The van der Waals surface area contributed by atoms with Crippen LogP contribution in [0.4, 0.5) is 4.79 Å². The molecule has 47 heavy (non-hydrogen) atoms. The number of urea groups is 1. The van der Waals surface area contributed by atoms with Crippen LogP contribution in [0.5, 0.6) is 0 Å². The summed E-state index contributed by atoms with van der Waals surface area (Å²) in [5.41, 5.74) is -1.52. The van der Waals surface area contributed by atoms with E-state index in [0.29, 0.717) is 10.5 Å². The molecule has 5 rings (SSSR count). The minimum atomic E-state index is -2.36. The van der Waals surface area contributed by atoms with Gasteiger partial charge in [-0.15, -0.1) is 0 Å². The van der Waals surface area contributed by atoms with Crippen molar-refractivity contribution in [2.45, 2.75) is 55.2 Å². The first kappa shape index (κ1) is 33.2. The zero-order valence-corrected chi connectivity index (χ0v) is 26.7. The predicted octanol–water partition coefficient (Wildman–Crippen LogP) is -0.492. The van der Waals surface area contributed by atoms with Crippen molar-refractivity contribution in [1.29, 1.82) is 0 Å². The van der Waals surface area contributed by atoms with Gasteiger partial charge in [-0.3, -0.25) is 38.0 Å². The molecule has 3 aliphatic rings. The lowest BCUT2D eigenvalue weighted by atomic mass is 9.87. The van der Waals surface area contributed by atoms with Gasteiger partial charge in [0.2, 0.25) is 18.0 Å². The second-order valence-corrected chi connectivity index (χ2v) is 13.7. The normalized spacial score (nSPS) is 25.3. The molecule has 2 aromatic carbocycles. The van der Waals surface area contributed by atoms with E-state index in [9.17, 15) is 37.8 Å². The van der Waals surface area contributed by atoms with Crippen LogP contribution < -0.4 is 16.0 Å². The van der Waals surface area contributed by atoms with Crippen LogP contribution in [0.2, 0.25) is 0 Å². The number of nitrogens with one attached hydrogen (secondary N) is 3. The Hall–Kier alpha value is -5.12. The molecule has 3 aliphatic heterocycles. The Bertz CT molecular complexity index is 1640. The SMILES string of the molecule is CCN1CCN(C(=O)NC(C(=O)N[C@@]2(C(=O)OCc3ccccc3)N3C(=O)[C@@H](NC=O)[C@H]3S(=O)C2(C)C)c2ccccc2)C(=O)C1=O. The molecule has 5 atom stereocenters. The number of likely N-dealkylation sites (N-methyl/N-ethyl adjacent to an activating group) is 1. The first-order valence-corrected chi connectivity index (χ1v) is 16.0. The van der Waals surface area contributed by atoms with Crippen molar-refractivity contribution in [3.63, 3.8) is 0 Å². The number of imide groups is 1. The summed E-state index contributed by atoms with van der Waals surface area (Å²) in [5.74, 6) is -4.82. The minimum absolute atomic E-state index is 0.0987. The molecule has 0 aliphatic carbocycles. The molecule has 15 nitrogen and oxygen atoms in total. The second kappa shape index (κ2) is 12.9. The van der Waals surface area contributed by atoms with Crippen molar-refractivity contribution < 1.29 is 42.5 Å². The first-order valence-electron chi connectivity index (χ1n) is 14.8. The van der Waals surface area contributed by atoms with Crippen molar-refractivity contribution in [1.82, 2.24) is 30.7 Å². The Morgan fingerprint density at radius 3 is 2.26 bits per heavy atom. The second-order valence-electron chi connectivity index (χ2n) is 11.6. The molecule has 7 amide bonds. The van der Waals surface area contributed by atoms with Crippen LogP contribution in [-0.2, 0) is 50.9 Å². The van der Waals surface area contributed by atoms with Crippen molar-refractivity contribution in [3.05, 3.63) is 71.8 Å². The average Bonchev–Trinajstić information content (AvgIpc) is 3.22. The number of carbonyl (C=O) groups excluding carboxylic acids is 7. The predicted molar refractivity (Wildman–Crippen MR) is 165 cm³/mol. The maximum atomic E-state index is 14.3. The summed E-state index contributed by atoms with van der Waals surface area (Å²) in [7, 11) is -2.03. The van der Waals surface area contributed by atoms with E-state index >= 15 is 0 Å². The molecule has 0 radical (unpaired) electrons. The van der Waals surface area contributed by atoms with Gasteiger partial charge in [0.25, 0.3) is 5.91 Å². The van der Waals surface area contributed by atoms with Crippen molar-refractivity contribution in [2.24, 2.45) is 0 Å². The number of carbonyl (C=O) groups is 7. The van der Waals surface area contributed by atoms with Crippen LogP contribution >= 0.6 is 0 Å². The molecule has 3 fully saturated rings. The summed E-state index contributed by atoms with van der Waals surface area (Å²) < 4.78 is 17.9. The number of hydrogen-bond acceptors (Lipinski definition) is 9. The monoisotopic (exact) mass is 666 g/mol. The van der Waals surface area contributed by atoms with Gasteiger partial charge in [0.15, 0.2) is 0 Å². The molecule has 0 bridgehead atoms. The standard InChI is InChI=1S/C31H34N6O9S/c1-4-35-15-16-36(26(42)25(35)41)29(44)33-21(20-13-9-6-10-14-20)23(39)34-31(28(43)46-17-19-11-7-5-8-12-19)30(2,3)47(45)27-22(32-18-38)24(40)37(27)31/h5-14,18,21-22,27H,4,15-17H2,1-3H3,(H,32,38)(H,33,44)(H,34,39)/t21?,22-,27-,31+,47?/m1/s1. The Balaban J connectivity index is 1.51. The number of benzene rings is 2. The van der Waals surface area contributed by atoms with Crippen LogP contribution in [0.25, 0.3) is 0 Å². The quantitative estimate of drug-likeness (QED) is 0.130. The molecule has 3 heterocycles. The Labute approximate surface area is 272 Å². The molecule has 3 saturated heterocycles. The number of hydrogen-bond donors (Lipinski definition) is 3. The fourth-order valence-electron chi connectivity index (χ4n) is 6.01. The van der Waals surface area contributed by atoms with E-state index in [0.717, 1.165) is 4.90 Å². The number of ether oxygens (including phenoxy) is 1. The van der Waals surface area contributed by atoms with Crippen molar-refractivity contribution in [3.8, 4) is 0 Å². The van der Waals surface area contributed by atoms with Gasteiger partial charge in [-0.25, -0.2) is 9.59 Å². The molecular formula is C31H34N6O9S. The maximum Gasteiger partial charge on any atom is 0.355 e. The van der Waals surface area contributed by atoms with Gasteiger partial charge in [0, 0.05) is 19.6 Å². The zero-order valence-electron chi connectivity index (χ0n) is 25.8. The summed E-state index contributed by atoms with van der Waals surface area (Å²) in [6.45, 7) is 4.54. The number of nitrogens with zero attached hydrogens (tertiary/aromatic N) is 3. The molecule has 16 heteroatoms. The molecule has 3 N–H and O–H groups in total.